The summed E-state index contributed by atoms with van der Waals surface area (Å²) in [7, 11) is 3.95. The molecule has 0 spiro atoms. The number of amides is 1. The first-order chi connectivity index (χ1) is 9.65. The lowest BCUT2D eigenvalue weighted by molar-refractivity contribution is -0.160. The first-order valence-electron chi connectivity index (χ1n) is 7.75. The second kappa shape index (κ2) is 9.03. The van der Waals surface area contributed by atoms with E-state index in [0.29, 0.717) is 19.7 Å². The fourth-order valence-electron chi connectivity index (χ4n) is 2.16. The lowest BCUT2D eigenvalue weighted by atomic mass is 9.79. The Morgan fingerprint density at radius 3 is 2.00 bits per heavy atom. The highest BCUT2D eigenvalue weighted by Gasteiger charge is 2.40. The van der Waals surface area contributed by atoms with Crippen LogP contribution in [0.1, 0.15) is 41.0 Å². The third kappa shape index (κ3) is 6.93. The van der Waals surface area contributed by atoms with E-state index in [-0.39, 0.29) is 5.91 Å². The fourth-order valence-corrected chi connectivity index (χ4v) is 2.16. The van der Waals surface area contributed by atoms with E-state index in [1.165, 1.54) is 0 Å². The summed E-state index contributed by atoms with van der Waals surface area (Å²) < 4.78 is 5.11. The second-order valence-corrected chi connectivity index (χ2v) is 6.68. The number of ether oxygens (including phenoxy) is 1. The third-order valence-corrected chi connectivity index (χ3v) is 3.26. The third-order valence-electron chi connectivity index (χ3n) is 3.26. The summed E-state index contributed by atoms with van der Waals surface area (Å²) in [6.45, 7) is 11.9. The molecule has 0 aromatic rings. The molecule has 0 aliphatic rings. The largest absolute Gasteiger partial charge is 0.465 e. The molecule has 0 aromatic heterocycles. The number of carbonyl (C=O) groups excluding carboxylic acids is 2. The van der Waals surface area contributed by atoms with Gasteiger partial charge in [0.1, 0.15) is 5.92 Å². The van der Waals surface area contributed by atoms with Gasteiger partial charge in [-0.25, -0.2) is 0 Å². The average molecular weight is 300 g/mol. The van der Waals surface area contributed by atoms with E-state index in [1.54, 1.807) is 11.8 Å². The molecule has 0 bridgehead atoms. The lowest BCUT2D eigenvalue weighted by Gasteiger charge is -2.33. The van der Waals surface area contributed by atoms with Gasteiger partial charge < -0.3 is 14.5 Å². The molecule has 0 rings (SSSR count). The fraction of sp³-hybridized carbons (Fsp3) is 0.875. The number of hydrogen-bond acceptors (Lipinski definition) is 4. The second-order valence-electron chi connectivity index (χ2n) is 6.68. The first kappa shape index (κ1) is 19.9. The molecule has 5 nitrogen and oxygen atoms in total. The van der Waals surface area contributed by atoms with E-state index in [9.17, 15) is 9.59 Å². The monoisotopic (exact) mass is 300 g/mol. The average Bonchev–Trinajstić information content (AvgIpc) is 2.32. The number of carbonyl (C=O) groups is 2. The van der Waals surface area contributed by atoms with Gasteiger partial charge in [-0.2, -0.15) is 0 Å². The van der Waals surface area contributed by atoms with Crippen LogP contribution in [0.15, 0.2) is 0 Å². The molecule has 0 radical (unpaired) electrons. The molecule has 0 fully saturated rings. The molecule has 0 heterocycles. The molecule has 0 saturated heterocycles. The molecule has 0 aliphatic heterocycles. The normalized spacial score (nSPS) is 13.1. The van der Waals surface area contributed by atoms with Crippen molar-refractivity contribution < 1.29 is 14.3 Å². The number of likely N-dealkylation sites (N-methyl/N-ethyl adjacent to an activating group) is 1. The lowest BCUT2D eigenvalue weighted by Crippen LogP contribution is -2.47. The van der Waals surface area contributed by atoms with Crippen LogP contribution in [0.2, 0.25) is 0 Å². The van der Waals surface area contributed by atoms with Gasteiger partial charge in [0, 0.05) is 19.6 Å². The number of nitrogens with zero attached hydrogens (tertiary/aromatic N) is 2. The maximum Gasteiger partial charge on any atom is 0.319 e. The summed E-state index contributed by atoms with van der Waals surface area (Å²) in [5, 5.41) is 0. The van der Waals surface area contributed by atoms with Gasteiger partial charge in [0.05, 0.1) is 6.61 Å². The highest BCUT2D eigenvalue weighted by atomic mass is 16.5. The van der Waals surface area contributed by atoms with Gasteiger partial charge in [0.15, 0.2) is 0 Å². The van der Waals surface area contributed by atoms with Crippen molar-refractivity contribution in [2.75, 3.05) is 40.3 Å². The van der Waals surface area contributed by atoms with E-state index in [2.05, 4.69) is 0 Å². The number of esters is 1. The Balaban J connectivity index is 5.15. The summed E-state index contributed by atoms with van der Waals surface area (Å²) in [4.78, 5) is 28.8. The van der Waals surface area contributed by atoms with Crippen LogP contribution >= 0.6 is 0 Å². The van der Waals surface area contributed by atoms with Crippen molar-refractivity contribution >= 4 is 11.9 Å². The van der Waals surface area contributed by atoms with Crippen LogP contribution in [0.4, 0.5) is 0 Å². The Labute approximate surface area is 129 Å². The molecule has 0 saturated carbocycles. The van der Waals surface area contributed by atoms with Gasteiger partial charge in [0.2, 0.25) is 5.91 Å². The Kier molecular flexibility index (Phi) is 8.55. The predicted octanol–water partition coefficient (Wildman–Crippen LogP) is 2.01. The van der Waals surface area contributed by atoms with Crippen molar-refractivity contribution in [3.05, 3.63) is 0 Å². The maximum absolute atomic E-state index is 12.8. The Bertz CT molecular complexity index is 335. The smallest absolute Gasteiger partial charge is 0.319 e. The van der Waals surface area contributed by atoms with E-state index in [4.69, 9.17) is 4.74 Å². The van der Waals surface area contributed by atoms with Gasteiger partial charge in [-0.15, -0.1) is 0 Å². The zero-order valence-electron chi connectivity index (χ0n) is 14.7. The van der Waals surface area contributed by atoms with Crippen LogP contribution in [-0.2, 0) is 14.3 Å². The van der Waals surface area contributed by atoms with Gasteiger partial charge in [0.25, 0.3) is 0 Å². The van der Waals surface area contributed by atoms with Crippen LogP contribution in [0.25, 0.3) is 0 Å². The van der Waals surface area contributed by atoms with E-state index in [0.717, 1.165) is 13.0 Å². The van der Waals surface area contributed by atoms with Crippen LogP contribution in [0.3, 0.4) is 0 Å². The first-order valence-corrected chi connectivity index (χ1v) is 7.75. The summed E-state index contributed by atoms with van der Waals surface area (Å²) in [5.41, 5.74) is -0.451. The van der Waals surface area contributed by atoms with Crippen molar-refractivity contribution in [1.29, 1.82) is 0 Å². The highest BCUT2D eigenvalue weighted by molar-refractivity contribution is 5.98. The zero-order valence-corrected chi connectivity index (χ0v) is 14.7. The van der Waals surface area contributed by atoms with E-state index >= 15 is 0 Å². The van der Waals surface area contributed by atoms with Gasteiger partial charge in [-0.1, -0.05) is 27.7 Å². The molecule has 1 unspecified atom stereocenters. The SMILES string of the molecule is CCCN(CCN(C)C)C(=O)C(C(=O)OCC)C(C)(C)C. The molecule has 21 heavy (non-hydrogen) atoms. The number of hydrogen-bond donors (Lipinski definition) is 0. The summed E-state index contributed by atoms with van der Waals surface area (Å²) in [6, 6.07) is 0. The molecule has 124 valence electrons. The summed E-state index contributed by atoms with van der Waals surface area (Å²) in [6.07, 6.45) is 0.874. The quantitative estimate of drug-likeness (QED) is 0.508. The van der Waals surface area contributed by atoms with Gasteiger partial charge in [-0.3, -0.25) is 9.59 Å². The molecule has 1 atom stereocenters. The van der Waals surface area contributed by atoms with Crippen molar-refractivity contribution in [1.82, 2.24) is 9.80 Å². The molecule has 0 aromatic carbocycles. The Morgan fingerprint density at radius 2 is 1.62 bits per heavy atom. The molecule has 1 amide bonds. The minimum Gasteiger partial charge on any atom is -0.465 e. The van der Waals surface area contributed by atoms with Crippen molar-refractivity contribution in [2.45, 2.75) is 41.0 Å². The minimum atomic E-state index is -0.744. The molecule has 0 N–H and O–H groups in total. The Hall–Kier alpha value is -1.10. The maximum atomic E-state index is 12.8. The molecular formula is C16H32N2O3. The summed E-state index contributed by atoms with van der Waals surface area (Å²) in [5.74, 6) is -1.28. The van der Waals surface area contributed by atoms with Crippen LogP contribution in [0, 0.1) is 11.3 Å². The van der Waals surface area contributed by atoms with E-state index < -0.39 is 17.3 Å². The van der Waals surface area contributed by atoms with Crippen molar-refractivity contribution in [3.8, 4) is 0 Å². The topological polar surface area (TPSA) is 49.9 Å². The number of rotatable bonds is 8. The molecular weight excluding hydrogens is 268 g/mol. The van der Waals surface area contributed by atoms with Crippen LogP contribution < -0.4 is 0 Å². The zero-order chi connectivity index (χ0) is 16.6. The van der Waals surface area contributed by atoms with E-state index in [1.807, 2.05) is 46.7 Å². The van der Waals surface area contributed by atoms with Gasteiger partial charge >= 0.3 is 5.97 Å². The standard InChI is InChI=1S/C16H32N2O3/c1-8-10-18(12-11-17(6)7)14(19)13(16(3,4)5)15(20)21-9-2/h13H,8-12H2,1-7H3. The predicted molar refractivity (Wildman–Crippen MR) is 85.0 cm³/mol. The minimum absolute atomic E-state index is 0.121. The van der Waals surface area contributed by atoms with Crippen molar-refractivity contribution in [2.24, 2.45) is 11.3 Å². The van der Waals surface area contributed by atoms with Crippen LogP contribution in [0.5, 0.6) is 0 Å². The Morgan fingerprint density at radius 1 is 1.05 bits per heavy atom. The van der Waals surface area contributed by atoms with Gasteiger partial charge in [-0.05, 0) is 32.9 Å². The summed E-state index contributed by atoms with van der Waals surface area (Å²) >= 11 is 0. The molecule has 0 aliphatic carbocycles. The van der Waals surface area contributed by atoms with Crippen LogP contribution in [-0.4, -0.2) is 62.0 Å². The molecule has 5 heteroatoms. The van der Waals surface area contributed by atoms with Crippen molar-refractivity contribution in [3.63, 3.8) is 0 Å². The highest BCUT2D eigenvalue weighted by Crippen LogP contribution is 2.29.